The lowest BCUT2D eigenvalue weighted by Crippen LogP contribution is -2.40. The van der Waals surface area contributed by atoms with Crippen molar-refractivity contribution in [3.05, 3.63) is 0 Å². The zero-order valence-corrected chi connectivity index (χ0v) is 12.7. The number of aliphatic carboxylic acids is 1. The van der Waals surface area contributed by atoms with E-state index in [1.54, 1.807) is 0 Å². The Kier molecular flexibility index (Phi) is 7.79. The summed E-state index contributed by atoms with van der Waals surface area (Å²) < 4.78 is 0. The quantitative estimate of drug-likeness (QED) is 0.672. The minimum atomic E-state index is -0.936. The smallest absolute Gasteiger partial charge is 0.321 e. The van der Waals surface area contributed by atoms with Gasteiger partial charge in [-0.1, -0.05) is 26.2 Å². The maximum absolute atomic E-state index is 11.5. The highest BCUT2D eigenvalue weighted by Gasteiger charge is 2.18. The predicted octanol–water partition coefficient (Wildman–Crippen LogP) is 2.28. The van der Waals surface area contributed by atoms with E-state index in [-0.39, 0.29) is 19.3 Å². The molecule has 1 rings (SSSR count). The fraction of sp³-hybridized carbons (Fsp3) is 0.800. The van der Waals surface area contributed by atoms with Crippen LogP contribution < -0.4 is 10.6 Å². The van der Waals surface area contributed by atoms with Crippen molar-refractivity contribution in [1.29, 1.82) is 0 Å². The largest absolute Gasteiger partial charge is 0.481 e. The second kappa shape index (κ2) is 9.37. The van der Waals surface area contributed by atoms with Crippen LogP contribution in [0.3, 0.4) is 0 Å². The Morgan fingerprint density at radius 3 is 2.62 bits per heavy atom. The molecule has 3 amide bonds. The van der Waals surface area contributed by atoms with Gasteiger partial charge in [-0.3, -0.25) is 14.9 Å². The average Bonchev–Trinajstić information content (AvgIpc) is 2.38. The van der Waals surface area contributed by atoms with Gasteiger partial charge in [0, 0.05) is 19.4 Å². The standard InChI is InChI=1S/C15H26N2O4/c1-11-4-2-5-12(10-11)8-9-16-15(21)17-13(18)6-3-7-14(19)20/h11-12H,2-10H2,1H3,(H,19,20)(H2,16,17,18,21). The SMILES string of the molecule is CC1CCCC(CCNC(=O)NC(=O)CCCC(=O)O)C1. The summed E-state index contributed by atoms with van der Waals surface area (Å²) in [6, 6.07) is -0.487. The maximum atomic E-state index is 11.5. The summed E-state index contributed by atoms with van der Waals surface area (Å²) in [6.07, 6.45) is 6.20. The van der Waals surface area contributed by atoms with Crippen molar-refractivity contribution in [3.8, 4) is 0 Å². The van der Waals surface area contributed by atoms with Crippen molar-refractivity contribution < 1.29 is 19.5 Å². The Balaban J connectivity index is 2.07. The second-order valence-electron chi connectivity index (χ2n) is 5.98. The third kappa shape index (κ3) is 8.32. The number of urea groups is 1. The Morgan fingerprint density at radius 1 is 1.19 bits per heavy atom. The van der Waals surface area contributed by atoms with E-state index in [0.29, 0.717) is 12.5 Å². The van der Waals surface area contributed by atoms with Crippen molar-refractivity contribution in [3.63, 3.8) is 0 Å². The molecule has 0 heterocycles. The van der Waals surface area contributed by atoms with Crippen LogP contribution in [0.15, 0.2) is 0 Å². The Hall–Kier alpha value is -1.59. The Bertz CT molecular complexity index is 371. The van der Waals surface area contributed by atoms with Crippen molar-refractivity contribution in [2.24, 2.45) is 11.8 Å². The Morgan fingerprint density at radius 2 is 1.95 bits per heavy atom. The molecular formula is C15H26N2O4. The van der Waals surface area contributed by atoms with Crippen molar-refractivity contribution in [2.45, 2.75) is 58.3 Å². The van der Waals surface area contributed by atoms with Gasteiger partial charge in [0.1, 0.15) is 0 Å². The molecule has 120 valence electrons. The third-order valence-electron chi connectivity index (χ3n) is 3.93. The van der Waals surface area contributed by atoms with Crippen LogP contribution in [0.2, 0.25) is 0 Å². The number of hydrogen-bond donors (Lipinski definition) is 3. The van der Waals surface area contributed by atoms with Crippen LogP contribution in [-0.4, -0.2) is 29.6 Å². The van der Waals surface area contributed by atoms with E-state index < -0.39 is 17.9 Å². The monoisotopic (exact) mass is 298 g/mol. The van der Waals surface area contributed by atoms with E-state index in [4.69, 9.17) is 5.11 Å². The zero-order valence-electron chi connectivity index (χ0n) is 12.7. The van der Waals surface area contributed by atoms with Gasteiger partial charge in [0.2, 0.25) is 5.91 Å². The summed E-state index contributed by atoms with van der Waals surface area (Å²) in [7, 11) is 0. The normalized spacial score (nSPS) is 21.6. The van der Waals surface area contributed by atoms with Crippen LogP contribution in [0, 0.1) is 11.8 Å². The molecule has 1 saturated carbocycles. The van der Waals surface area contributed by atoms with Gasteiger partial charge in [0.25, 0.3) is 0 Å². The van der Waals surface area contributed by atoms with Crippen molar-refractivity contribution in [1.82, 2.24) is 10.6 Å². The molecule has 0 spiro atoms. The number of nitrogens with one attached hydrogen (secondary N) is 2. The van der Waals surface area contributed by atoms with Crippen LogP contribution in [-0.2, 0) is 9.59 Å². The number of amides is 3. The number of imide groups is 1. The highest BCUT2D eigenvalue weighted by Crippen LogP contribution is 2.30. The lowest BCUT2D eigenvalue weighted by molar-refractivity contribution is -0.137. The predicted molar refractivity (Wildman–Crippen MR) is 78.8 cm³/mol. The molecule has 6 heteroatoms. The highest BCUT2D eigenvalue weighted by molar-refractivity contribution is 5.94. The molecule has 1 fully saturated rings. The molecule has 1 aliphatic rings. The van der Waals surface area contributed by atoms with Gasteiger partial charge in [0.15, 0.2) is 0 Å². The van der Waals surface area contributed by atoms with Gasteiger partial charge in [0.05, 0.1) is 0 Å². The first-order valence-electron chi connectivity index (χ1n) is 7.77. The fourth-order valence-corrected chi connectivity index (χ4v) is 2.85. The van der Waals surface area contributed by atoms with Crippen LogP contribution in [0.1, 0.15) is 58.3 Å². The molecule has 1 aliphatic carbocycles. The summed E-state index contributed by atoms with van der Waals surface area (Å²) in [4.78, 5) is 33.2. The molecular weight excluding hydrogens is 272 g/mol. The summed E-state index contributed by atoms with van der Waals surface area (Å²) in [5.74, 6) is 0.0720. The molecule has 0 aliphatic heterocycles. The molecule has 2 atom stereocenters. The number of carboxylic acid groups (broad SMARTS) is 1. The maximum Gasteiger partial charge on any atom is 0.321 e. The second-order valence-corrected chi connectivity index (χ2v) is 5.98. The summed E-state index contributed by atoms with van der Waals surface area (Å²) in [5, 5.41) is 13.4. The van der Waals surface area contributed by atoms with Crippen LogP contribution in [0.4, 0.5) is 4.79 Å². The molecule has 6 nitrogen and oxygen atoms in total. The number of carbonyl (C=O) groups excluding carboxylic acids is 2. The van der Waals surface area contributed by atoms with Crippen LogP contribution >= 0.6 is 0 Å². The minimum absolute atomic E-state index is 0.0554. The number of carbonyl (C=O) groups is 3. The van der Waals surface area contributed by atoms with Gasteiger partial charge in [-0.15, -0.1) is 0 Å². The van der Waals surface area contributed by atoms with Crippen LogP contribution in [0.5, 0.6) is 0 Å². The average molecular weight is 298 g/mol. The van der Waals surface area contributed by atoms with Crippen LogP contribution in [0.25, 0.3) is 0 Å². The van der Waals surface area contributed by atoms with E-state index in [2.05, 4.69) is 17.6 Å². The third-order valence-corrected chi connectivity index (χ3v) is 3.93. The first-order chi connectivity index (χ1) is 9.97. The van der Waals surface area contributed by atoms with E-state index in [0.717, 1.165) is 12.3 Å². The van der Waals surface area contributed by atoms with Gasteiger partial charge >= 0.3 is 12.0 Å². The van der Waals surface area contributed by atoms with E-state index in [1.165, 1.54) is 25.7 Å². The molecule has 0 radical (unpaired) electrons. The molecule has 0 aromatic heterocycles. The van der Waals surface area contributed by atoms with Gasteiger partial charge in [-0.25, -0.2) is 4.79 Å². The summed E-state index contributed by atoms with van der Waals surface area (Å²) in [5.41, 5.74) is 0. The number of carboxylic acids is 1. The van der Waals surface area contributed by atoms with E-state index >= 15 is 0 Å². The highest BCUT2D eigenvalue weighted by atomic mass is 16.4. The number of rotatable bonds is 7. The van der Waals surface area contributed by atoms with Crippen molar-refractivity contribution in [2.75, 3.05) is 6.54 Å². The first-order valence-corrected chi connectivity index (χ1v) is 7.77. The lowest BCUT2D eigenvalue weighted by atomic mass is 9.81. The number of hydrogen-bond acceptors (Lipinski definition) is 3. The van der Waals surface area contributed by atoms with Crippen molar-refractivity contribution >= 4 is 17.9 Å². The molecule has 0 aromatic carbocycles. The van der Waals surface area contributed by atoms with Gasteiger partial charge < -0.3 is 10.4 Å². The Labute approximate surface area is 125 Å². The first kappa shape index (κ1) is 17.5. The summed E-state index contributed by atoms with van der Waals surface area (Å²) in [6.45, 7) is 2.84. The topological polar surface area (TPSA) is 95.5 Å². The fourth-order valence-electron chi connectivity index (χ4n) is 2.85. The molecule has 0 aromatic rings. The zero-order chi connectivity index (χ0) is 15.7. The summed E-state index contributed by atoms with van der Waals surface area (Å²) >= 11 is 0. The van der Waals surface area contributed by atoms with Gasteiger partial charge in [-0.2, -0.15) is 0 Å². The molecule has 3 N–H and O–H groups in total. The molecule has 2 unspecified atom stereocenters. The lowest BCUT2D eigenvalue weighted by Gasteiger charge is -2.26. The van der Waals surface area contributed by atoms with E-state index in [9.17, 15) is 14.4 Å². The molecule has 21 heavy (non-hydrogen) atoms. The van der Waals surface area contributed by atoms with Gasteiger partial charge in [-0.05, 0) is 31.1 Å². The molecule has 0 saturated heterocycles. The van der Waals surface area contributed by atoms with E-state index in [1.807, 2.05) is 0 Å². The molecule has 0 bridgehead atoms. The minimum Gasteiger partial charge on any atom is -0.481 e.